The number of nitriles is 4. The molecule has 0 fully saturated rings. The Bertz CT molecular complexity index is 2000. The van der Waals surface area contributed by atoms with Crippen LogP contribution in [0.15, 0.2) is 84.9 Å². The van der Waals surface area contributed by atoms with Crippen molar-refractivity contribution < 1.29 is 0 Å². The molecule has 0 radical (unpaired) electrons. The Morgan fingerprint density at radius 2 is 0.794 bits per heavy atom. The first-order chi connectivity index (χ1) is 16.7. The zero-order valence-electron chi connectivity index (χ0n) is 18.0. The molecule has 0 N–H and O–H groups in total. The monoisotopic (exact) mass is 432 g/mol. The normalized spacial score (nSPS) is 15.0. The molecule has 0 aliphatic heterocycles. The van der Waals surface area contributed by atoms with Crippen LogP contribution in [0, 0.1) is 87.1 Å². The SMILES string of the molecule is N#CC(C#N)c1ccc2/c(c1C(C#N)C#N)=c1/cccc/c1=c1\cccc\c1=c1/cccc/c1=2. The first-order valence-corrected chi connectivity index (χ1v) is 10.8. The Balaban J connectivity index is 2.36. The van der Waals surface area contributed by atoms with E-state index in [4.69, 9.17) is 0 Å². The highest BCUT2D eigenvalue weighted by Crippen LogP contribution is 2.29. The van der Waals surface area contributed by atoms with Gasteiger partial charge in [0.05, 0.1) is 24.3 Å². The molecule has 4 aromatic rings. The maximum absolute atomic E-state index is 9.92. The lowest BCUT2D eigenvalue weighted by molar-refractivity contribution is 0.988. The number of benzene rings is 4. The molecule has 0 amide bonds. The number of hydrogen-bond acceptors (Lipinski definition) is 4. The van der Waals surface area contributed by atoms with Gasteiger partial charge in [0.2, 0.25) is 0 Å². The van der Waals surface area contributed by atoms with Gasteiger partial charge < -0.3 is 0 Å². The van der Waals surface area contributed by atoms with E-state index in [2.05, 4.69) is 30.3 Å². The summed E-state index contributed by atoms with van der Waals surface area (Å²) in [5.74, 6) is -2.23. The van der Waals surface area contributed by atoms with Gasteiger partial charge in [-0.05, 0) is 52.9 Å². The van der Waals surface area contributed by atoms with Crippen LogP contribution in [0.3, 0.4) is 0 Å². The first kappa shape index (κ1) is 20.7. The van der Waals surface area contributed by atoms with E-state index >= 15 is 0 Å². The number of nitrogens with zero attached hydrogens (tertiary/aromatic N) is 4. The number of rotatable bonds is 2. The van der Waals surface area contributed by atoms with Crippen molar-refractivity contribution in [3.63, 3.8) is 0 Å². The van der Waals surface area contributed by atoms with Gasteiger partial charge in [0, 0.05) is 0 Å². The molecule has 1 aliphatic rings. The molecule has 34 heavy (non-hydrogen) atoms. The average molecular weight is 432 g/mol. The predicted octanol–water partition coefficient (Wildman–Crippen LogP) is 5.41. The molecule has 0 unspecified atom stereocenters. The fourth-order valence-electron chi connectivity index (χ4n) is 4.88. The molecule has 0 heterocycles. The van der Waals surface area contributed by atoms with Crippen LogP contribution >= 0.6 is 0 Å². The minimum atomic E-state index is -1.14. The maximum atomic E-state index is 9.92. The summed E-state index contributed by atoms with van der Waals surface area (Å²) in [6, 6.07) is 36.0. The molecule has 4 aromatic carbocycles. The first-order valence-electron chi connectivity index (χ1n) is 10.8. The molecule has 4 heteroatoms. The third kappa shape index (κ3) is 3.04. The van der Waals surface area contributed by atoms with Crippen molar-refractivity contribution in [2.75, 3.05) is 0 Å². The van der Waals surface area contributed by atoms with Gasteiger partial charge in [-0.25, -0.2) is 0 Å². The van der Waals surface area contributed by atoms with Crippen LogP contribution in [0.4, 0.5) is 0 Å². The van der Waals surface area contributed by atoms with Gasteiger partial charge in [-0.1, -0.05) is 84.9 Å². The van der Waals surface area contributed by atoms with Gasteiger partial charge in [-0.2, -0.15) is 21.0 Å². The lowest BCUT2D eigenvalue weighted by Crippen LogP contribution is -2.06. The highest BCUT2D eigenvalue weighted by molar-refractivity contribution is 5.48. The molecule has 0 aromatic heterocycles. The molecular formula is C30H16N4. The minimum Gasteiger partial charge on any atom is -0.196 e. The third-order valence-electron chi connectivity index (χ3n) is 6.32. The molecule has 0 saturated carbocycles. The molecule has 0 bridgehead atoms. The molecule has 0 atom stereocenters. The van der Waals surface area contributed by atoms with Crippen molar-refractivity contribution in [1.82, 2.24) is 0 Å². The quantitative estimate of drug-likeness (QED) is 0.373. The highest BCUT2D eigenvalue weighted by atomic mass is 14.4. The topological polar surface area (TPSA) is 95.2 Å². The molecule has 5 rings (SSSR count). The fraction of sp³-hybridized carbons (Fsp3) is 0.0667. The Labute approximate surface area is 195 Å². The zero-order chi connectivity index (χ0) is 23.7. The molecule has 1 aliphatic carbocycles. The second-order valence-electron chi connectivity index (χ2n) is 8.01. The summed E-state index contributed by atoms with van der Waals surface area (Å²) in [4.78, 5) is 0. The largest absolute Gasteiger partial charge is 0.196 e. The van der Waals surface area contributed by atoms with Crippen molar-refractivity contribution >= 4 is 0 Å². The van der Waals surface area contributed by atoms with Gasteiger partial charge >= 0.3 is 0 Å². The molecule has 4 nitrogen and oxygen atoms in total. The van der Waals surface area contributed by atoms with Crippen LogP contribution in [0.25, 0.3) is 0 Å². The van der Waals surface area contributed by atoms with Crippen LogP contribution in [0.5, 0.6) is 0 Å². The van der Waals surface area contributed by atoms with Gasteiger partial charge in [-0.15, -0.1) is 0 Å². The van der Waals surface area contributed by atoms with Crippen LogP contribution in [0.2, 0.25) is 0 Å². The molecule has 0 spiro atoms. The smallest absolute Gasteiger partial charge is 0.159 e. The lowest BCUT2D eigenvalue weighted by Gasteiger charge is -2.13. The number of hydrogen-bond donors (Lipinski definition) is 0. The Hall–Kier alpha value is -5.16. The van der Waals surface area contributed by atoms with Crippen LogP contribution in [-0.2, 0) is 0 Å². The summed E-state index contributed by atoms with van der Waals surface area (Å²) in [5.41, 5.74) is 0.829. The van der Waals surface area contributed by atoms with Crippen molar-refractivity contribution in [3.8, 4) is 24.3 Å². The zero-order valence-corrected chi connectivity index (χ0v) is 18.0. The lowest BCUT2D eigenvalue weighted by atomic mass is 9.85. The second kappa shape index (κ2) is 8.41. The Kier molecular flexibility index (Phi) is 5.13. The highest BCUT2D eigenvalue weighted by Gasteiger charge is 2.23. The van der Waals surface area contributed by atoms with Crippen molar-refractivity contribution in [1.29, 1.82) is 21.0 Å². The Morgan fingerprint density at radius 3 is 1.24 bits per heavy atom. The van der Waals surface area contributed by atoms with Gasteiger partial charge in [0.15, 0.2) is 11.8 Å². The van der Waals surface area contributed by atoms with E-state index in [9.17, 15) is 21.0 Å². The summed E-state index contributed by atoms with van der Waals surface area (Å²) < 4.78 is 0. The van der Waals surface area contributed by atoms with Gasteiger partial charge in [0.25, 0.3) is 0 Å². The van der Waals surface area contributed by atoms with E-state index in [0.29, 0.717) is 11.1 Å². The Morgan fingerprint density at radius 1 is 0.412 bits per heavy atom. The molecular weight excluding hydrogens is 416 g/mol. The van der Waals surface area contributed by atoms with E-state index in [-0.39, 0.29) is 0 Å². The predicted molar refractivity (Wildman–Crippen MR) is 124 cm³/mol. The number of fused-ring (bicyclic) bond motifs is 4. The summed E-state index contributed by atoms with van der Waals surface area (Å²) in [5, 5.41) is 46.7. The van der Waals surface area contributed by atoms with E-state index in [1.54, 1.807) is 6.07 Å². The molecule has 156 valence electrons. The third-order valence-corrected chi connectivity index (χ3v) is 6.32. The van der Waals surface area contributed by atoms with Crippen molar-refractivity contribution in [2.24, 2.45) is 0 Å². The van der Waals surface area contributed by atoms with Gasteiger partial charge in [0.1, 0.15) is 0 Å². The maximum Gasteiger partial charge on any atom is 0.159 e. The second-order valence-corrected chi connectivity index (χ2v) is 8.01. The standard InChI is InChI=1S/C30H16N4/c31-15-19(16-32)21-13-14-28-26-11-4-3-9-24(26)22-7-1-2-8-23(22)25-10-5-6-12-27(25)30(28)29(21)20(17-33)18-34/h1-14,19-20H/b24-22-,25-23-,28-26-,30-27+. The summed E-state index contributed by atoms with van der Waals surface area (Å²) in [6.07, 6.45) is 0. The van der Waals surface area contributed by atoms with Crippen molar-refractivity contribution in [2.45, 2.75) is 11.8 Å². The van der Waals surface area contributed by atoms with Crippen LogP contribution in [0.1, 0.15) is 23.0 Å². The summed E-state index contributed by atoms with van der Waals surface area (Å²) >= 11 is 0. The summed E-state index contributed by atoms with van der Waals surface area (Å²) in [7, 11) is 0. The van der Waals surface area contributed by atoms with Crippen LogP contribution in [-0.4, -0.2) is 0 Å². The van der Waals surface area contributed by atoms with E-state index in [0.717, 1.165) is 41.7 Å². The fourth-order valence-corrected chi connectivity index (χ4v) is 4.88. The van der Waals surface area contributed by atoms with Crippen LogP contribution < -0.4 is 0 Å². The van der Waals surface area contributed by atoms with E-state index in [1.165, 1.54) is 0 Å². The average Bonchev–Trinajstić information content (AvgIpc) is 2.89. The van der Waals surface area contributed by atoms with Crippen molar-refractivity contribution in [3.05, 3.63) is 138 Å². The molecule has 0 saturated heterocycles. The van der Waals surface area contributed by atoms with Gasteiger partial charge in [-0.3, -0.25) is 0 Å². The van der Waals surface area contributed by atoms with E-state index in [1.807, 2.05) is 72.8 Å². The van der Waals surface area contributed by atoms with E-state index < -0.39 is 11.8 Å². The summed E-state index contributed by atoms with van der Waals surface area (Å²) in [6.45, 7) is 0. The minimum absolute atomic E-state index is 0.401.